The van der Waals surface area contributed by atoms with Gasteiger partial charge >= 0.3 is 5.97 Å². The first-order valence-corrected chi connectivity index (χ1v) is 13.5. The third-order valence-electron chi connectivity index (χ3n) is 6.71. The number of aliphatic carboxylic acids is 1. The number of carbonyl (C=O) groups excluding carboxylic acids is 1. The molecule has 1 aliphatic heterocycles. The summed E-state index contributed by atoms with van der Waals surface area (Å²) in [6.45, 7) is 0.470. The first kappa shape index (κ1) is 25.0. The normalized spacial score (nSPS) is 17.0. The highest BCUT2D eigenvalue weighted by Crippen LogP contribution is 2.36. The van der Waals surface area contributed by atoms with Crippen LogP contribution in [-0.4, -0.2) is 50.4 Å². The molecular weight excluding hydrogens is 470 g/mol. The lowest BCUT2D eigenvalue weighted by Crippen LogP contribution is -2.39. The van der Waals surface area contributed by atoms with Gasteiger partial charge < -0.3 is 19.5 Å². The summed E-state index contributed by atoms with van der Waals surface area (Å²) in [6, 6.07) is 11.8. The van der Waals surface area contributed by atoms with E-state index in [1.165, 1.54) is 25.3 Å². The van der Waals surface area contributed by atoms with Crippen LogP contribution in [0.4, 0.5) is 5.69 Å². The number of amides is 1. The number of methoxy groups -OCH3 is 1. The van der Waals surface area contributed by atoms with Crippen molar-refractivity contribution in [3.63, 3.8) is 0 Å². The molecule has 9 heteroatoms. The van der Waals surface area contributed by atoms with Gasteiger partial charge in [-0.1, -0.05) is 18.2 Å². The highest BCUT2D eigenvalue weighted by Gasteiger charge is 2.35. The molecule has 1 fully saturated rings. The number of nitrogens with zero attached hydrogens (tertiary/aromatic N) is 1. The van der Waals surface area contributed by atoms with Gasteiger partial charge in [-0.3, -0.25) is 9.59 Å². The Morgan fingerprint density at radius 3 is 2.51 bits per heavy atom. The summed E-state index contributed by atoms with van der Waals surface area (Å²) in [5.41, 5.74) is 1.78. The standard InChI is InChI=1S/C26H31NO7S/c1-33-23-13-12-20(15-24(23)34-19-9-3-4-10-19)35(31,32)21(17-26(29)30)16-25(28)27-14-6-8-18-7-2-5-11-22(18)27/h2,5,7,11-13,15,19,21H,3-4,6,8-10,14,16-17H2,1H3,(H,29,30). The predicted molar refractivity (Wildman–Crippen MR) is 131 cm³/mol. The number of carboxylic acid groups (broad SMARTS) is 1. The van der Waals surface area contributed by atoms with Crippen molar-refractivity contribution in [1.29, 1.82) is 0 Å². The van der Waals surface area contributed by atoms with E-state index in [1.54, 1.807) is 4.90 Å². The molecule has 1 unspecified atom stereocenters. The molecule has 1 N–H and O–H groups in total. The summed E-state index contributed by atoms with van der Waals surface area (Å²) in [4.78, 5) is 26.4. The summed E-state index contributed by atoms with van der Waals surface area (Å²) in [7, 11) is -2.67. The van der Waals surface area contributed by atoms with E-state index in [-0.39, 0.29) is 11.0 Å². The molecule has 8 nitrogen and oxygen atoms in total. The molecule has 0 saturated heterocycles. The lowest BCUT2D eigenvalue weighted by Gasteiger charge is -2.30. The summed E-state index contributed by atoms with van der Waals surface area (Å²) >= 11 is 0. The maximum Gasteiger partial charge on any atom is 0.304 e. The van der Waals surface area contributed by atoms with E-state index in [2.05, 4.69) is 0 Å². The molecule has 35 heavy (non-hydrogen) atoms. The van der Waals surface area contributed by atoms with Gasteiger partial charge in [-0.05, 0) is 62.3 Å². The van der Waals surface area contributed by atoms with Gasteiger partial charge in [-0.2, -0.15) is 0 Å². The van der Waals surface area contributed by atoms with Crippen LogP contribution in [0.25, 0.3) is 0 Å². The van der Waals surface area contributed by atoms with Crippen molar-refractivity contribution >= 4 is 27.4 Å². The van der Waals surface area contributed by atoms with E-state index < -0.39 is 39.8 Å². The number of benzene rings is 2. The average Bonchev–Trinajstić information content (AvgIpc) is 3.36. The van der Waals surface area contributed by atoms with Gasteiger partial charge in [0.25, 0.3) is 0 Å². The fraction of sp³-hybridized carbons (Fsp3) is 0.462. The second-order valence-electron chi connectivity index (χ2n) is 9.08. The zero-order valence-corrected chi connectivity index (χ0v) is 20.6. The average molecular weight is 502 g/mol. The van der Waals surface area contributed by atoms with Gasteiger partial charge in [-0.25, -0.2) is 8.42 Å². The molecule has 1 saturated carbocycles. The summed E-state index contributed by atoms with van der Waals surface area (Å²) < 4.78 is 38.6. The SMILES string of the molecule is COc1ccc(S(=O)(=O)C(CC(=O)O)CC(=O)N2CCCc3ccccc32)cc1OC1CCCC1. The largest absolute Gasteiger partial charge is 0.493 e. The van der Waals surface area contributed by atoms with Crippen LogP contribution >= 0.6 is 0 Å². The van der Waals surface area contributed by atoms with Crippen molar-refractivity contribution in [2.45, 2.75) is 67.6 Å². The number of carbonyl (C=O) groups is 2. The fourth-order valence-corrected chi connectivity index (χ4v) is 6.53. The highest BCUT2D eigenvalue weighted by molar-refractivity contribution is 7.92. The fourth-order valence-electron chi connectivity index (χ4n) is 4.89. The maximum atomic E-state index is 13.6. The maximum absolute atomic E-state index is 13.6. The number of aryl methyl sites for hydroxylation is 1. The molecule has 188 valence electrons. The lowest BCUT2D eigenvalue weighted by atomic mass is 10.0. The number of sulfone groups is 1. The van der Waals surface area contributed by atoms with Crippen LogP contribution in [-0.2, 0) is 25.8 Å². The van der Waals surface area contributed by atoms with E-state index in [1.807, 2.05) is 24.3 Å². The van der Waals surface area contributed by atoms with Crippen LogP contribution in [0.1, 0.15) is 50.5 Å². The second-order valence-corrected chi connectivity index (χ2v) is 11.3. The molecule has 2 aromatic carbocycles. The van der Waals surface area contributed by atoms with Crippen LogP contribution in [0.2, 0.25) is 0 Å². The zero-order valence-electron chi connectivity index (χ0n) is 19.8. The minimum absolute atomic E-state index is 0.0163. The van der Waals surface area contributed by atoms with Crippen LogP contribution in [0, 0.1) is 0 Å². The highest BCUT2D eigenvalue weighted by atomic mass is 32.2. The van der Waals surface area contributed by atoms with Crippen molar-refractivity contribution in [3.8, 4) is 11.5 Å². The van der Waals surface area contributed by atoms with Crippen LogP contribution in [0.3, 0.4) is 0 Å². The van der Waals surface area contributed by atoms with Gasteiger partial charge in [0.05, 0.1) is 29.8 Å². The number of para-hydroxylation sites is 1. The Kier molecular flexibility index (Phi) is 7.64. The molecule has 4 rings (SSSR count). The van der Waals surface area contributed by atoms with Crippen LogP contribution in [0.15, 0.2) is 47.4 Å². The first-order chi connectivity index (χ1) is 16.8. The number of hydrogen-bond donors (Lipinski definition) is 1. The molecule has 1 amide bonds. The molecule has 2 aromatic rings. The quantitative estimate of drug-likeness (QED) is 0.553. The van der Waals surface area contributed by atoms with Crippen LogP contribution in [0.5, 0.6) is 11.5 Å². The monoisotopic (exact) mass is 501 g/mol. The first-order valence-electron chi connectivity index (χ1n) is 12.0. The van der Waals surface area contributed by atoms with E-state index in [4.69, 9.17) is 9.47 Å². The number of rotatable bonds is 9. The Hall–Kier alpha value is -3.07. The minimum atomic E-state index is -4.15. The number of fused-ring (bicyclic) bond motifs is 1. The predicted octanol–water partition coefficient (Wildman–Crippen LogP) is 4.00. The summed E-state index contributed by atoms with van der Waals surface area (Å²) in [5.74, 6) is -0.957. The minimum Gasteiger partial charge on any atom is -0.493 e. The topological polar surface area (TPSA) is 110 Å². The van der Waals surface area contributed by atoms with Crippen molar-refractivity contribution in [2.24, 2.45) is 0 Å². The smallest absolute Gasteiger partial charge is 0.304 e. The molecule has 1 atom stereocenters. The van der Waals surface area contributed by atoms with E-state index in [9.17, 15) is 23.1 Å². The summed E-state index contributed by atoms with van der Waals surface area (Å²) in [6.07, 6.45) is 4.35. The Labute approximate surface area is 205 Å². The Morgan fingerprint density at radius 2 is 1.80 bits per heavy atom. The number of carboxylic acids is 1. The number of ether oxygens (including phenoxy) is 2. The Morgan fingerprint density at radius 1 is 1.06 bits per heavy atom. The number of hydrogen-bond acceptors (Lipinski definition) is 6. The van der Waals surface area contributed by atoms with Crippen molar-refractivity contribution in [3.05, 3.63) is 48.0 Å². The van der Waals surface area contributed by atoms with Gasteiger partial charge in [-0.15, -0.1) is 0 Å². The van der Waals surface area contributed by atoms with Crippen molar-refractivity contribution in [1.82, 2.24) is 0 Å². The van der Waals surface area contributed by atoms with Crippen LogP contribution < -0.4 is 14.4 Å². The lowest BCUT2D eigenvalue weighted by molar-refractivity contribution is -0.137. The molecule has 0 radical (unpaired) electrons. The van der Waals surface area contributed by atoms with Gasteiger partial charge in [0.1, 0.15) is 0 Å². The van der Waals surface area contributed by atoms with Gasteiger partial charge in [0, 0.05) is 24.7 Å². The summed E-state index contributed by atoms with van der Waals surface area (Å²) in [5, 5.41) is 8.06. The third-order valence-corrected chi connectivity index (χ3v) is 8.84. The molecule has 1 aliphatic carbocycles. The van der Waals surface area contributed by atoms with E-state index in [0.717, 1.165) is 49.8 Å². The third kappa shape index (κ3) is 5.61. The Balaban J connectivity index is 1.61. The molecular formula is C26H31NO7S. The van der Waals surface area contributed by atoms with E-state index in [0.29, 0.717) is 18.0 Å². The molecule has 2 aliphatic rings. The van der Waals surface area contributed by atoms with Gasteiger partial charge in [0.15, 0.2) is 21.3 Å². The van der Waals surface area contributed by atoms with Crippen molar-refractivity contribution < 1.29 is 32.6 Å². The molecule has 1 heterocycles. The number of anilines is 1. The molecule has 0 bridgehead atoms. The molecule has 0 aromatic heterocycles. The molecule has 0 spiro atoms. The van der Waals surface area contributed by atoms with Crippen molar-refractivity contribution in [2.75, 3.05) is 18.6 Å². The zero-order chi connectivity index (χ0) is 25.0. The second kappa shape index (κ2) is 10.7. The Bertz CT molecular complexity index is 1190. The van der Waals surface area contributed by atoms with Gasteiger partial charge in [0.2, 0.25) is 5.91 Å². The van der Waals surface area contributed by atoms with E-state index >= 15 is 0 Å².